The Morgan fingerprint density at radius 3 is 1.42 bits per heavy atom. The molecule has 0 aromatic heterocycles. The summed E-state index contributed by atoms with van der Waals surface area (Å²) in [5, 5.41) is 12.1. The first-order valence-corrected chi connectivity index (χ1v) is 11.1. The maximum absolute atomic E-state index is 11.4. The van der Waals surface area contributed by atoms with Crippen molar-refractivity contribution in [1.82, 2.24) is 0 Å². The van der Waals surface area contributed by atoms with Crippen molar-refractivity contribution in [3.63, 3.8) is 0 Å². The smallest absolute Gasteiger partial charge is 0.205 e. The van der Waals surface area contributed by atoms with Crippen LogP contribution in [0.25, 0.3) is 11.1 Å². The molecule has 0 unspecified atom stereocenters. The Kier molecular flexibility index (Phi) is 7.36. The van der Waals surface area contributed by atoms with E-state index in [0.29, 0.717) is 73.2 Å². The number of rotatable bonds is 6. The molecule has 1 aliphatic rings. The minimum atomic E-state index is -1.12. The maximum atomic E-state index is 11.4. The molecule has 9 heteroatoms. The van der Waals surface area contributed by atoms with Crippen molar-refractivity contribution in [2.75, 3.05) is 42.7 Å². The van der Waals surface area contributed by atoms with Crippen LogP contribution in [0, 0.1) is 5.92 Å². The maximum Gasteiger partial charge on any atom is 0.205 e. The summed E-state index contributed by atoms with van der Waals surface area (Å²) in [5.74, 6) is 1.89. The summed E-state index contributed by atoms with van der Waals surface area (Å²) in [5.41, 5.74) is 1.43. The van der Waals surface area contributed by atoms with Gasteiger partial charge in [0.05, 0.1) is 58.3 Å². The monoisotopic (exact) mass is 500 g/mol. The summed E-state index contributed by atoms with van der Waals surface area (Å²) in [7, 11) is 9.09. The van der Waals surface area contributed by atoms with Crippen LogP contribution in [0.4, 0.5) is 0 Å². The van der Waals surface area contributed by atoms with Gasteiger partial charge in [0.15, 0.2) is 23.0 Å². The molecule has 0 radical (unpaired) electrons. The highest BCUT2D eigenvalue weighted by Crippen LogP contribution is 2.60. The highest BCUT2D eigenvalue weighted by Gasteiger charge is 2.41. The number of halogens is 2. The quantitative estimate of drug-likeness (QED) is 0.584. The molecular formula is C24H30Cl2O7. The molecule has 3 rings (SSSR count). The SMILES string of the molecule is COc1c(Cl)c2c(c(OC)c1OC)-c1c(c(Cl)c(OC)c(OC)c1OC)C[C@](C)(O)[C@@H](C)C2. The van der Waals surface area contributed by atoms with Crippen LogP contribution in [0.1, 0.15) is 25.0 Å². The first-order chi connectivity index (χ1) is 15.6. The Labute approximate surface area is 204 Å². The number of ether oxygens (including phenoxy) is 6. The van der Waals surface area contributed by atoms with Gasteiger partial charge in [0.1, 0.15) is 0 Å². The van der Waals surface area contributed by atoms with E-state index in [2.05, 4.69) is 0 Å². The largest absolute Gasteiger partial charge is 0.492 e. The minimum Gasteiger partial charge on any atom is -0.492 e. The van der Waals surface area contributed by atoms with E-state index in [1.54, 1.807) is 14.0 Å². The van der Waals surface area contributed by atoms with E-state index in [9.17, 15) is 5.11 Å². The third-order valence-corrected chi connectivity index (χ3v) is 7.19. The molecule has 2 atom stereocenters. The Balaban J connectivity index is 2.67. The van der Waals surface area contributed by atoms with Gasteiger partial charge in [-0.15, -0.1) is 0 Å². The molecule has 0 aliphatic heterocycles. The van der Waals surface area contributed by atoms with Crippen LogP contribution >= 0.6 is 23.2 Å². The predicted octanol–water partition coefficient (Wildman–Crippen LogP) is 5.20. The van der Waals surface area contributed by atoms with Gasteiger partial charge in [-0.05, 0) is 30.4 Å². The van der Waals surface area contributed by atoms with Crippen molar-refractivity contribution in [2.45, 2.75) is 32.3 Å². The summed E-state index contributed by atoms with van der Waals surface area (Å²) in [6, 6.07) is 0. The van der Waals surface area contributed by atoms with Crippen molar-refractivity contribution in [3.05, 3.63) is 21.2 Å². The number of aliphatic hydroxyl groups is 1. The number of hydrogen-bond donors (Lipinski definition) is 1. The molecule has 0 saturated heterocycles. The Morgan fingerprint density at radius 2 is 1.03 bits per heavy atom. The second-order valence-electron chi connectivity index (χ2n) is 8.17. The summed E-state index contributed by atoms with van der Waals surface area (Å²) >= 11 is 13.8. The topological polar surface area (TPSA) is 75.6 Å². The van der Waals surface area contributed by atoms with E-state index in [0.717, 1.165) is 0 Å². The van der Waals surface area contributed by atoms with Crippen LogP contribution in [0.3, 0.4) is 0 Å². The molecule has 1 N–H and O–H groups in total. The number of hydrogen-bond acceptors (Lipinski definition) is 7. The lowest BCUT2D eigenvalue weighted by molar-refractivity contribution is 0.00631. The molecule has 0 spiro atoms. The van der Waals surface area contributed by atoms with Crippen LogP contribution in [-0.4, -0.2) is 53.4 Å². The highest BCUT2D eigenvalue weighted by molar-refractivity contribution is 6.35. The lowest BCUT2D eigenvalue weighted by Crippen LogP contribution is -2.38. The van der Waals surface area contributed by atoms with Gasteiger partial charge in [-0.1, -0.05) is 30.1 Å². The number of benzene rings is 2. The van der Waals surface area contributed by atoms with Crippen LogP contribution in [0.2, 0.25) is 10.0 Å². The van der Waals surface area contributed by atoms with E-state index in [1.165, 1.54) is 35.5 Å². The van der Waals surface area contributed by atoms with Gasteiger partial charge in [0, 0.05) is 17.5 Å². The minimum absolute atomic E-state index is 0.195. The first-order valence-electron chi connectivity index (χ1n) is 10.4. The molecule has 2 aromatic rings. The van der Waals surface area contributed by atoms with Crippen molar-refractivity contribution in [2.24, 2.45) is 5.92 Å². The van der Waals surface area contributed by atoms with Gasteiger partial charge in [-0.25, -0.2) is 0 Å². The second kappa shape index (κ2) is 9.57. The summed E-state index contributed by atoms with van der Waals surface area (Å²) in [6.45, 7) is 3.73. The highest BCUT2D eigenvalue weighted by atomic mass is 35.5. The fourth-order valence-electron chi connectivity index (χ4n) is 4.47. The van der Waals surface area contributed by atoms with Crippen molar-refractivity contribution in [3.8, 4) is 45.6 Å². The average Bonchev–Trinajstić information content (AvgIpc) is 2.79. The zero-order valence-corrected chi connectivity index (χ0v) is 21.7. The zero-order valence-electron chi connectivity index (χ0n) is 20.1. The molecule has 33 heavy (non-hydrogen) atoms. The number of fused-ring (bicyclic) bond motifs is 3. The van der Waals surface area contributed by atoms with Crippen LogP contribution in [-0.2, 0) is 12.8 Å². The zero-order chi connectivity index (χ0) is 24.7. The normalized spacial score (nSPS) is 19.5. The van der Waals surface area contributed by atoms with Gasteiger partial charge < -0.3 is 33.5 Å². The fourth-order valence-corrected chi connectivity index (χ4v) is 5.13. The van der Waals surface area contributed by atoms with Gasteiger partial charge in [0.25, 0.3) is 0 Å². The van der Waals surface area contributed by atoms with Gasteiger partial charge in [-0.3, -0.25) is 0 Å². The van der Waals surface area contributed by atoms with E-state index >= 15 is 0 Å². The number of methoxy groups -OCH3 is 6. The molecule has 0 bridgehead atoms. The van der Waals surface area contributed by atoms with Gasteiger partial charge in [-0.2, -0.15) is 0 Å². The van der Waals surface area contributed by atoms with Gasteiger partial charge >= 0.3 is 0 Å². The first kappa shape index (κ1) is 25.4. The molecule has 0 heterocycles. The second-order valence-corrected chi connectivity index (χ2v) is 8.93. The molecule has 182 valence electrons. The standard InChI is InChI=1S/C24H30Cl2O7/c1-11-9-12-14(18(28-3)22(32-7)20(30-5)16(12)25)15-13(10-24(11,2)27)17(26)21(31-6)23(33-8)19(15)29-4/h11,27H,9-10H2,1-8H3/t11-,24-/m0/s1. The van der Waals surface area contributed by atoms with Crippen LogP contribution < -0.4 is 28.4 Å². The molecule has 0 amide bonds. The molecule has 2 aromatic carbocycles. The van der Waals surface area contributed by atoms with Crippen LogP contribution in [0.5, 0.6) is 34.5 Å². The third kappa shape index (κ3) is 3.90. The van der Waals surface area contributed by atoms with Crippen molar-refractivity contribution < 1.29 is 33.5 Å². The van der Waals surface area contributed by atoms with E-state index < -0.39 is 5.60 Å². The van der Waals surface area contributed by atoms with E-state index in [4.69, 9.17) is 51.6 Å². The lowest BCUT2D eigenvalue weighted by Gasteiger charge is -2.36. The Hall–Kier alpha value is -2.22. The molecule has 7 nitrogen and oxygen atoms in total. The van der Waals surface area contributed by atoms with Crippen molar-refractivity contribution >= 4 is 23.2 Å². The molecule has 1 aliphatic carbocycles. The van der Waals surface area contributed by atoms with E-state index in [-0.39, 0.29) is 12.3 Å². The Morgan fingerprint density at radius 1 is 0.667 bits per heavy atom. The van der Waals surface area contributed by atoms with Gasteiger partial charge in [0.2, 0.25) is 11.5 Å². The molecule has 0 saturated carbocycles. The molecular weight excluding hydrogens is 471 g/mol. The van der Waals surface area contributed by atoms with E-state index in [1.807, 2.05) is 6.92 Å². The average molecular weight is 501 g/mol. The summed E-state index contributed by atoms with van der Waals surface area (Å²) < 4.78 is 34.1. The summed E-state index contributed by atoms with van der Waals surface area (Å²) in [4.78, 5) is 0. The predicted molar refractivity (Wildman–Crippen MR) is 128 cm³/mol. The summed E-state index contributed by atoms with van der Waals surface area (Å²) in [6.07, 6.45) is 0.667. The fraction of sp³-hybridized carbons (Fsp3) is 0.500. The van der Waals surface area contributed by atoms with Crippen LogP contribution in [0.15, 0.2) is 0 Å². The third-order valence-electron chi connectivity index (χ3n) is 6.39. The lowest BCUT2D eigenvalue weighted by atomic mass is 9.75. The van der Waals surface area contributed by atoms with Crippen molar-refractivity contribution in [1.29, 1.82) is 0 Å². The molecule has 0 fully saturated rings. The Bertz CT molecular complexity index is 1070.